The van der Waals surface area contributed by atoms with Gasteiger partial charge in [0.2, 0.25) is 0 Å². The molecular formula is C13H28N2. The maximum Gasteiger partial charge on any atom is 0.0219 e. The molecule has 2 unspecified atom stereocenters. The first-order valence-electron chi connectivity index (χ1n) is 6.83. The number of hydrogen-bond donors (Lipinski definition) is 2. The Labute approximate surface area is 95.0 Å². The van der Waals surface area contributed by atoms with Crippen LogP contribution in [0.15, 0.2) is 0 Å². The monoisotopic (exact) mass is 212 g/mol. The molecule has 0 aromatic carbocycles. The molecule has 0 spiro atoms. The lowest BCUT2D eigenvalue weighted by Gasteiger charge is -2.29. The van der Waals surface area contributed by atoms with Crippen LogP contribution in [0.2, 0.25) is 0 Å². The number of nitrogens with one attached hydrogen (secondary N) is 1. The Hall–Kier alpha value is -0.0800. The molecule has 1 saturated carbocycles. The molecule has 0 aliphatic heterocycles. The van der Waals surface area contributed by atoms with Crippen LogP contribution in [0.25, 0.3) is 0 Å². The van der Waals surface area contributed by atoms with Crippen LogP contribution in [0.3, 0.4) is 0 Å². The number of rotatable bonds is 7. The zero-order valence-corrected chi connectivity index (χ0v) is 10.3. The molecule has 0 saturated heterocycles. The Morgan fingerprint density at radius 1 is 1.07 bits per heavy atom. The molecule has 2 nitrogen and oxygen atoms in total. The molecule has 0 aromatic rings. The fourth-order valence-electron chi connectivity index (χ4n) is 2.43. The molecule has 0 aromatic heterocycles. The van der Waals surface area contributed by atoms with Crippen LogP contribution in [-0.2, 0) is 0 Å². The van der Waals surface area contributed by atoms with E-state index in [2.05, 4.69) is 12.2 Å². The molecule has 3 N–H and O–H groups in total. The summed E-state index contributed by atoms with van der Waals surface area (Å²) >= 11 is 0. The lowest BCUT2D eigenvalue weighted by molar-refractivity contribution is 0.326. The van der Waals surface area contributed by atoms with Gasteiger partial charge in [0.05, 0.1) is 0 Å². The number of hydrogen-bond acceptors (Lipinski definition) is 2. The quantitative estimate of drug-likeness (QED) is 0.637. The van der Waals surface area contributed by atoms with E-state index in [1.807, 2.05) is 0 Å². The van der Waals surface area contributed by atoms with Crippen molar-refractivity contribution in [1.82, 2.24) is 5.32 Å². The van der Waals surface area contributed by atoms with Gasteiger partial charge >= 0.3 is 0 Å². The topological polar surface area (TPSA) is 38.0 Å². The second kappa shape index (κ2) is 8.12. The number of nitrogens with two attached hydrogens (primary N) is 1. The van der Waals surface area contributed by atoms with Gasteiger partial charge in [-0.1, -0.05) is 45.4 Å². The summed E-state index contributed by atoms with van der Waals surface area (Å²) in [4.78, 5) is 0. The molecule has 0 bridgehead atoms. The lowest BCUT2D eigenvalue weighted by atomic mass is 9.91. The van der Waals surface area contributed by atoms with E-state index in [1.54, 1.807) is 0 Å². The third kappa shape index (κ3) is 5.53. The van der Waals surface area contributed by atoms with Gasteiger partial charge in [0, 0.05) is 12.1 Å². The van der Waals surface area contributed by atoms with Gasteiger partial charge in [0.15, 0.2) is 0 Å². The molecular weight excluding hydrogens is 184 g/mol. The fraction of sp³-hybridized carbons (Fsp3) is 1.00. The first-order valence-corrected chi connectivity index (χ1v) is 6.83. The maximum absolute atomic E-state index is 6.08. The molecule has 0 amide bonds. The fourth-order valence-corrected chi connectivity index (χ4v) is 2.43. The van der Waals surface area contributed by atoms with Crippen LogP contribution >= 0.6 is 0 Å². The third-order valence-electron chi connectivity index (χ3n) is 3.51. The lowest BCUT2D eigenvalue weighted by Crippen LogP contribution is -2.47. The number of unbranched alkanes of at least 4 members (excludes halogenated alkanes) is 4. The van der Waals surface area contributed by atoms with E-state index >= 15 is 0 Å². The van der Waals surface area contributed by atoms with E-state index in [9.17, 15) is 0 Å². The molecule has 0 heterocycles. The average molecular weight is 212 g/mol. The van der Waals surface area contributed by atoms with E-state index in [1.165, 1.54) is 64.3 Å². The van der Waals surface area contributed by atoms with Gasteiger partial charge in [-0.25, -0.2) is 0 Å². The molecule has 1 aliphatic rings. The molecule has 2 heteroatoms. The summed E-state index contributed by atoms with van der Waals surface area (Å²) in [5, 5.41) is 3.62. The highest BCUT2D eigenvalue weighted by Crippen LogP contribution is 2.16. The Morgan fingerprint density at radius 3 is 2.53 bits per heavy atom. The highest BCUT2D eigenvalue weighted by Gasteiger charge is 2.20. The summed E-state index contributed by atoms with van der Waals surface area (Å²) in [7, 11) is 0. The Morgan fingerprint density at radius 2 is 1.80 bits per heavy atom. The highest BCUT2D eigenvalue weighted by molar-refractivity contribution is 4.83. The molecule has 1 aliphatic carbocycles. The van der Waals surface area contributed by atoms with Crippen molar-refractivity contribution in [1.29, 1.82) is 0 Å². The van der Waals surface area contributed by atoms with Crippen LogP contribution < -0.4 is 11.1 Å². The average Bonchev–Trinajstić information content (AvgIpc) is 2.25. The van der Waals surface area contributed by atoms with Gasteiger partial charge in [-0.15, -0.1) is 0 Å². The first-order chi connectivity index (χ1) is 7.34. The van der Waals surface area contributed by atoms with E-state index < -0.39 is 0 Å². The zero-order chi connectivity index (χ0) is 10.9. The molecule has 90 valence electrons. The minimum Gasteiger partial charge on any atom is -0.326 e. The van der Waals surface area contributed by atoms with Gasteiger partial charge in [0.25, 0.3) is 0 Å². The predicted octanol–water partition coefficient (Wildman–Crippen LogP) is 2.82. The van der Waals surface area contributed by atoms with Crippen molar-refractivity contribution < 1.29 is 0 Å². The summed E-state index contributed by atoms with van der Waals surface area (Å²) in [6, 6.07) is 1.01. The van der Waals surface area contributed by atoms with Crippen molar-refractivity contribution in [2.24, 2.45) is 5.73 Å². The highest BCUT2D eigenvalue weighted by atomic mass is 14.9. The van der Waals surface area contributed by atoms with Gasteiger partial charge in [-0.3, -0.25) is 0 Å². The van der Waals surface area contributed by atoms with Crippen molar-refractivity contribution in [2.75, 3.05) is 6.54 Å². The van der Waals surface area contributed by atoms with Crippen molar-refractivity contribution in [2.45, 2.75) is 76.8 Å². The summed E-state index contributed by atoms with van der Waals surface area (Å²) in [6.07, 6.45) is 12.0. The molecule has 2 atom stereocenters. The molecule has 1 fully saturated rings. The van der Waals surface area contributed by atoms with E-state index in [0.717, 1.165) is 0 Å². The summed E-state index contributed by atoms with van der Waals surface area (Å²) < 4.78 is 0. The largest absolute Gasteiger partial charge is 0.326 e. The standard InChI is InChI=1S/C13H28N2/c1-2-3-4-5-8-11-15-13-10-7-6-9-12(13)14/h12-13,15H,2-11,14H2,1H3. The maximum atomic E-state index is 6.08. The second-order valence-corrected chi connectivity index (χ2v) is 4.92. The Kier molecular flexibility index (Phi) is 7.03. The van der Waals surface area contributed by atoms with E-state index in [-0.39, 0.29) is 0 Å². The summed E-state index contributed by atoms with van der Waals surface area (Å²) in [6.45, 7) is 3.43. The van der Waals surface area contributed by atoms with Crippen LogP contribution in [0, 0.1) is 0 Å². The molecule has 15 heavy (non-hydrogen) atoms. The Bertz CT molecular complexity index is 147. The van der Waals surface area contributed by atoms with Crippen molar-refractivity contribution in [3.8, 4) is 0 Å². The summed E-state index contributed by atoms with van der Waals surface area (Å²) in [5.74, 6) is 0. The van der Waals surface area contributed by atoms with Crippen LogP contribution in [0.4, 0.5) is 0 Å². The molecule has 1 rings (SSSR count). The van der Waals surface area contributed by atoms with Gasteiger partial charge in [-0.05, 0) is 25.8 Å². The minimum absolute atomic E-state index is 0.411. The Balaban J connectivity index is 1.94. The third-order valence-corrected chi connectivity index (χ3v) is 3.51. The van der Waals surface area contributed by atoms with Crippen LogP contribution in [0.1, 0.15) is 64.7 Å². The van der Waals surface area contributed by atoms with E-state index in [4.69, 9.17) is 5.73 Å². The second-order valence-electron chi connectivity index (χ2n) is 4.92. The van der Waals surface area contributed by atoms with Crippen LogP contribution in [-0.4, -0.2) is 18.6 Å². The first kappa shape index (κ1) is 13.0. The van der Waals surface area contributed by atoms with Gasteiger partial charge < -0.3 is 11.1 Å². The molecule has 0 radical (unpaired) electrons. The predicted molar refractivity (Wildman–Crippen MR) is 67.0 cm³/mol. The smallest absolute Gasteiger partial charge is 0.0219 e. The SMILES string of the molecule is CCCCCCCNC1CCCCC1N. The minimum atomic E-state index is 0.411. The normalized spacial score (nSPS) is 26.8. The van der Waals surface area contributed by atoms with Crippen molar-refractivity contribution >= 4 is 0 Å². The van der Waals surface area contributed by atoms with Gasteiger partial charge in [0.1, 0.15) is 0 Å². The summed E-state index contributed by atoms with van der Waals surface area (Å²) in [5.41, 5.74) is 6.08. The van der Waals surface area contributed by atoms with E-state index in [0.29, 0.717) is 12.1 Å². The van der Waals surface area contributed by atoms with Crippen molar-refractivity contribution in [3.05, 3.63) is 0 Å². The van der Waals surface area contributed by atoms with Gasteiger partial charge in [-0.2, -0.15) is 0 Å². The van der Waals surface area contributed by atoms with Crippen molar-refractivity contribution in [3.63, 3.8) is 0 Å². The zero-order valence-electron chi connectivity index (χ0n) is 10.3. The van der Waals surface area contributed by atoms with Crippen LogP contribution in [0.5, 0.6) is 0 Å².